The van der Waals surface area contributed by atoms with E-state index in [0.717, 1.165) is 44.3 Å². The van der Waals surface area contributed by atoms with Crippen LogP contribution in [0.5, 0.6) is 5.75 Å². The van der Waals surface area contributed by atoms with E-state index in [1.165, 1.54) is 18.2 Å². The van der Waals surface area contributed by atoms with Crippen molar-refractivity contribution in [2.75, 3.05) is 26.2 Å². The number of H-pyrrole nitrogens is 1. The average Bonchev–Trinajstić information content (AvgIpc) is 3.36. The van der Waals surface area contributed by atoms with Crippen LogP contribution in [0.2, 0.25) is 0 Å². The second kappa shape index (κ2) is 9.93. The van der Waals surface area contributed by atoms with Gasteiger partial charge in [-0.2, -0.15) is 5.10 Å². The van der Waals surface area contributed by atoms with Crippen molar-refractivity contribution in [1.82, 2.24) is 20.0 Å². The zero-order valence-corrected chi connectivity index (χ0v) is 18.9. The highest BCUT2D eigenvalue weighted by atomic mass is 19.1. The minimum Gasteiger partial charge on any atom is -0.487 e. The van der Waals surface area contributed by atoms with Crippen LogP contribution in [0.3, 0.4) is 0 Å². The van der Waals surface area contributed by atoms with Crippen molar-refractivity contribution in [3.05, 3.63) is 71.9 Å². The summed E-state index contributed by atoms with van der Waals surface area (Å²) < 4.78 is 32.9. The minimum absolute atomic E-state index is 0.0329. The van der Waals surface area contributed by atoms with Crippen molar-refractivity contribution in [2.24, 2.45) is 0 Å². The number of benzene rings is 2. The number of halogens is 2. The molecule has 2 aliphatic rings. The molecule has 0 unspecified atom stereocenters. The van der Waals surface area contributed by atoms with Crippen LogP contribution in [-0.4, -0.2) is 64.2 Å². The Labute approximate surface area is 197 Å². The Morgan fingerprint density at radius 1 is 0.941 bits per heavy atom. The van der Waals surface area contributed by atoms with E-state index in [4.69, 9.17) is 4.74 Å². The van der Waals surface area contributed by atoms with Crippen LogP contribution in [0, 0.1) is 11.6 Å². The van der Waals surface area contributed by atoms with Gasteiger partial charge in [0.15, 0.2) is 11.6 Å². The predicted octanol–water partition coefficient (Wildman–Crippen LogP) is 4.50. The van der Waals surface area contributed by atoms with Gasteiger partial charge in [-0.1, -0.05) is 12.1 Å². The second-order valence-electron chi connectivity index (χ2n) is 8.98. The summed E-state index contributed by atoms with van der Waals surface area (Å²) in [6.45, 7) is 3.22. The maximum absolute atomic E-state index is 13.9. The van der Waals surface area contributed by atoms with Gasteiger partial charge in [-0.25, -0.2) is 8.78 Å². The topological polar surface area (TPSA) is 61.5 Å². The molecule has 3 aromatic rings. The lowest BCUT2D eigenvalue weighted by atomic mass is 9.98. The molecule has 2 aliphatic heterocycles. The Hall–Kier alpha value is -3.26. The third-order valence-electron chi connectivity index (χ3n) is 6.82. The summed E-state index contributed by atoms with van der Waals surface area (Å²) in [6, 6.07) is 14.8. The Morgan fingerprint density at radius 3 is 2.35 bits per heavy atom. The molecule has 1 N–H and O–H groups in total. The first-order valence-corrected chi connectivity index (χ1v) is 11.8. The molecule has 0 spiro atoms. The quantitative estimate of drug-likeness (QED) is 0.601. The third-order valence-corrected chi connectivity index (χ3v) is 6.82. The lowest BCUT2D eigenvalue weighted by Crippen LogP contribution is -2.50. The SMILES string of the molecule is O=C(c1cc(-c2ccc(F)cc2)n[nH]1)N1CCC(N2CCC(Oc3ccccc3F)CC2)CC1. The molecule has 1 aromatic heterocycles. The van der Waals surface area contributed by atoms with E-state index < -0.39 is 0 Å². The fraction of sp³-hybridized carbons (Fsp3) is 0.385. The van der Waals surface area contributed by atoms with Crippen molar-refractivity contribution in [3.63, 3.8) is 0 Å². The van der Waals surface area contributed by atoms with Gasteiger partial charge in [0.05, 0.1) is 5.69 Å². The van der Waals surface area contributed by atoms with E-state index in [-0.39, 0.29) is 23.6 Å². The van der Waals surface area contributed by atoms with Gasteiger partial charge in [-0.3, -0.25) is 14.8 Å². The number of carbonyl (C=O) groups excluding carboxylic acids is 1. The fourth-order valence-electron chi connectivity index (χ4n) is 4.88. The molecular weight excluding hydrogens is 438 g/mol. The minimum atomic E-state index is -0.316. The van der Waals surface area contributed by atoms with E-state index >= 15 is 0 Å². The van der Waals surface area contributed by atoms with Gasteiger partial charge in [-0.05, 0) is 68.1 Å². The zero-order chi connectivity index (χ0) is 23.5. The number of para-hydroxylation sites is 1. The summed E-state index contributed by atoms with van der Waals surface area (Å²) in [5.41, 5.74) is 1.83. The molecule has 6 nitrogen and oxygen atoms in total. The van der Waals surface area contributed by atoms with E-state index in [1.54, 1.807) is 36.4 Å². The lowest BCUT2D eigenvalue weighted by Gasteiger charge is -2.41. The number of aromatic nitrogens is 2. The summed E-state index contributed by atoms with van der Waals surface area (Å²) in [5.74, 6) is -0.352. The summed E-state index contributed by atoms with van der Waals surface area (Å²) >= 11 is 0. The summed E-state index contributed by atoms with van der Waals surface area (Å²) in [6.07, 6.45) is 3.61. The van der Waals surface area contributed by atoms with Crippen molar-refractivity contribution in [1.29, 1.82) is 0 Å². The number of rotatable bonds is 5. The Kier molecular flexibility index (Phi) is 6.58. The van der Waals surface area contributed by atoms with Gasteiger partial charge in [0.25, 0.3) is 5.91 Å². The van der Waals surface area contributed by atoms with Gasteiger partial charge < -0.3 is 9.64 Å². The molecule has 2 fully saturated rings. The van der Waals surface area contributed by atoms with Crippen molar-refractivity contribution in [2.45, 2.75) is 37.8 Å². The normalized spacial score (nSPS) is 18.2. The van der Waals surface area contributed by atoms with E-state index in [1.807, 2.05) is 4.90 Å². The lowest BCUT2D eigenvalue weighted by molar-refractivity contribution is 0.0414. The predicted molar refractivity (Wildman–Crippen MR) is 125 cm³/mol. The fourth-order valence-corrected chi connectivity index (χ4v) is 4.88. The largest absolute Gasteiger partial charge is 0.487 e. The molecule has 0 aliphatic carbocycles. The maximum Gasteiger partial charge on any atom is 0.271 e. The molecule has 0 bridgehead atoms. The molecule has 2 saturated heterocycles. The van der Waals surface area contributed by atoms with Gasteiger partial charge in [0, 0.05) is 37.8 Å². The van der Waals surface area contributed by atoms with E-state index in [9.17, 15) is 13.6 Å². The first-order chi connectivity index (χ1) is 16.6. The number of nitrogens with one attached hydrogen (secondary N) is 1. The number of nitrogens with zero attached hydrogens (tertiary/aromatic N) is 3. The number of hydrogen-bond donors (Lipinski definition) is 1. The van der Waals surface area contributed by atoms with Crippen LogP contribution in [0.25, 0.3) is 11.3 Å². The van der Waals surface area contributed by atoms with Crippen molar-refractivity contribution >= 4 is 5.91 Å². The van der Waals surface area contributed by atoms with Crippen LogP contribution in [0.15, 0.2) is 54.6 Å². The molecule has 8 heteroatoms. The molecule has 178 valence electrons. The first kappa shape index (κ1) is 22.5. The third kappa shape index (κ3) is 4.97. The monoisotopic (exact) mass is 466 g/mol. The smallest absolute Gasteiger partial charge is 0.271 e. The molecule has 5 rings (SSSR count). The Bertz CT molecular complexity index is 1120. The zero-order valence-electron chi connectivity index (χ0n) is 18.9. The number of likely N-dealkylation sites (tertiary alicyclic amines) is 2. The van der Waals surface area contributed by atoms with E-state index in [0.29, 0.717) is 36.3 Å². The average molecular weight is 467 g/mol. The van der Waals surface area contributed by atoms with Gasteiger partial charge in [0.2, 0.25) is 0 Å². The molecule has 0 atom stereocenters. The molecule has 2 aromatic carbocycles. The van der Waals surface area contributed by atoms with Crippen LogP contribution in [-0.2, 0) is 0 Å². The summed E-state index contributed by atoms with van der Waals surface area (Å²) in [4.78, 5) is 17.3. The van der Waals surface area contributed by atoms with Crippen LogP contribution < -0.4 is 4.74 Å². The van der Waals surface area contributed by atoms with Crippen molar-refractivity contribution in [3.8, 4) is 17.0 Å². The van der Waals surface area contributed by atoms with Gasteiger partial charge in [-0.15, -0.1) is 0 Å². The Balaban J connectivity index is 1.10. The number of carbonyl (C=O) groups is 1. The second-order valence-corrected chi connectivity index (χ2v) is 8.98. The maximum atomic E-state index is 13.9. The highest BCUT2D eigenvalue weighted by Gasteiger charge is 2.31. The number of ether oxygens (including phenoxy) is 1. The summed E-state index contributed by atoms with van der Waals surface area (Å²) in [7, 11) is 0. The molecule has 3 heterocycles. The van der Waals surface area contributed by atoms with Crippen LogP contribution in [0.1, 0.15) is 36.2 Å². The molecule has 34 heavy (non-hydrogen) atoms. The highest BCUT2D eigenvalue weighted by Crippen LogP contribution is 2.26. The van der Waals surface area contributed by atoms with Crippen molar-refractivity contribution < 1.29 is 18.3 Å². The van der Waals surface area contributed by atoms with Crippen LogP contribution >= 0.6 is 0 Å². The van der Waals surface area contributed by atoms with E-state index in [2.05, 4.69) is 15.1 Å². The summed E-state index contributed by atoms with van der Waals surface area (Å²) in [5, 5.41) is 7.06. The number of piperidine rings is 2. The Morgan fingerprint density at radius 2 is 1.65 bits per heavy atom. The standard InChI is InChI=1S/C26H28F2N4O2/c27-19-7-5-18(6-8-19)23-17-24(30-29-23)26(33)32-13-9-20(10-14-32)31-15-11-21(12-16-31)34-25-4-2-1-3-22(25)28/h1-8,17,20-21H,9-16H2,(H,29,30). The number of hydrogen-bond acceptors (Lipinski definition) is 4. The number of aromatic amines is 1. The van der Waals surface area contributed by atoms with Gasteiger partial charge in [0.1, 0.15) is 17.6 Å². The van der Waals surface area contributed by atoms with Crippen LogP contribution in [0.4, 0.5) is 8.78 Å². The van der Waals surface area contributed by atoms with Gasteiger partial charge >= 0.3 is 0 Å². The first-order valence-electron chi connectivity index (χ1n) is 11.8. The highest BCUT2D eigenvalue weighted by molar-refractivity contribution is 5.93. The molecule has 1 amide bonds. The molecule has 0 saturated carbocycles. The number of amides is 1. The molecule has 0 radical (unpaired) electrons. The molecular formula is C26H28F2N4O2.